The fraction of sp³-hybridized carbons (Fsp3) is 0.0213. The van der Waals surface area contributed by atoms with Crippen LogP contribution < -0.4 is 0 Å². The Hall–Kier alpha value is -6.96. The van der Waals surface area contributed by atoms with Crippen LogP contribution in [0, 0.1) is 11.3 Å². The van der Waals surface area contributed by atoms with E-state index in [4.69, 9.17) is 15.0 Å². The lowest BCUT2D eigenvalue weighted by Crippen LogP contribution is -2.25. The van der Waals surface area contributed by atoms with Crippen molar-refractivity contribution in [3.8, 4) is 73.6 Å². The van der Waals surface area contributed by atoms with Gasteiger partial charge in [0.25, 0.3) is 0 Å². The van der Waals surface area contributed by atoms with E-state index in [2.05, 4.69) is 109 Å². The normalized spacial score (nSPS) is 12.8. The molecular weight excluding hydrogens is 621 g/mol. The lowest BCUT2D eigenvalue weighted by atomic mass is 9.70. The van der Waals surface area contributed by atoms with Crippen LogP contribution in [0.4, 0.5) is 0 Å². The lowest BCUT2D eigenvalue weighted by Gasteiger charge is -2.30. The Morgan fingerprint density at radius 3 is 1.47 bits per heavy atom. The van der Waals surface area contributed by atoms with Crippen LogP contribution >= 0.6 is 0 Å². The first kappa shape index (κ1) is 29.0. The minimum atomic E-state index is -0.497. The van der Waals surface area contributed by atoms with E-state index in [9.17, 15) is 5.26 Å². The molecule has 1 spiro atoms. The van der Waals surface area contributed by atoms with Crippen molar-refractivity contribution in [3.63, 3.8) is 0 Å². The monoisotopic (exact) mass is 648 g/mol. The van der Waals surface area contributed by atoms with E-state index in [-0.39, 0.29) is 0 Å². The summed E-state index contributed by atoms with van der Waals surface area (Å²) < 4.78 is 0. The van der Waals surface area contributed by atoms with Gasteiger partial charge in [0.15, 0.2) is 17.5 Å². The second kappa shape index (κ2) is 11.3. The summed E-state index contributed by atoms with van der Waals surface area (Å²) in [5, 5.41) is 9.90. The van der Waals surface area contributed by atoms with Gasteiger partial charge in [-0.3, -0.25) is 0 Å². The number of aromatic nitrogens is 3. The summed E-state index contributed by atoms with van der Waals surface area (Å²) in [6.07, 6.45) is 0. The molecule has 0 atom stereocenters. The average Bonchev–Trinajstić information content (AvgIpc) is 3.68. The van der Waals surface area contributed by atoms with E-state index < -0.39 is 5.41 Å². The quantitative estimate of drug-likeness (QED) is 0.191. The predicted octanol–water partition coefficient (Wildman–Crippen LogP) is 10.8. The van der Waals surface area contributed by atoms with Gasteiger partial charge in [0, 0.05) is 16.7 Å². The van der Waals surface area contributed by atoms with Gasteiger partial charge < -0.3 is 0 Å². The summed E-state index contributed by atoms with van der Waals surface area (Å²) in [5.74, 6) is 1.90. The molecular formula is C47H28N4. The lowest BCUT2D eigenvalue weighted by molar-refractivity contribution is 0.794. The van der Waals surface area contributed by atoms with Gasteiger partial charge in [-0.15, -0.1) is 0 Å². The van der Waals surface area contributed by atoms with Crippen molar-refractivity contribution in [2.75, 3.05) is 0 Å². The summed E-state index contributed by atoms with van der Waals surface area (Å²) in [7, 11) is 0. The fourth-order valence-corrected chi connectivity index (χ4v) is 8.17. The van der Waals surface area contributed by atoms with Gasteiger partial charge in [0.2, 0.25) is 0 Å². The molecule has 1 aromatic heterocycles. The van der Waals surface area contributed by atoms with Crippen LogP contribution in [0.15, 0.2) is 170 Å². The van der Waals surface area contributed by atoms with Gasteiger partial charge in [-0.2, -0.15) is 5.26 Å². The summed E-state index contributed by atoms with van der Waals surface area (Å²) in [5.41, 5.74) is 14.9. The highest BCUT2D eigenvalue weighted by atomic mass is 15.0. The maximum absolute atomic E-state index is 9.90. The maximum atomic E-state index is 9.90. The third kappa shape index (κ3) is 4.35. The van der Waals surface area contributed by atoms with Crippen LogP contribution in [0.2, 0.25) is 0 Å². The highest BCUT2D eigenvalue weighted by Gasteiger charge is 2.51. The Balaban J connectivity index is 1.16. The Labute approximate surface area is 296 Å². The highest BCUT2D eigenvalue weighted by Crippen LogP contribution is 2.63. The van der Waals surface area contributed by atoms with Crippen LogP contribution in [-0.2, 0) is 5.41 Å². The number of hydrogen-bond acceptors (Lipinski definition) is 4. The molecule has 10 rings (SSSR count). The predicted molar refractivity (Wildman–Crippen MR) is 203 cm³/mol. The van der Waals surface area contributed by atoms with Gasteiger partial charge in [-0.05, 0) is 79.9 Å². The summed E-state index contributed by atoms with van der Waals surface area (Å²) in [6, 6.07) is 61.5. The first-order chi connectivity index (χ1) is 25.2. The van der Waals surface area contributed by atoms with Crippen LogP contribution in [0.1, 0.15) is 27.8 Å². The molecule has 8 aromatic rings. The molecule has 0 bridgehead atoms. The van der Waals surface area contributed by atoms with Crippen LogP contribution in [-0.4, -0.2) is 15.0 Å². The van der Waals surface area contributed by atoms with Crippen molar-refractivity contribution in [2.45, 2.75) is 5.41 Å². The minimum Gasteiger partial charge on any atom is -0.208 e. The second-order valence-electron chi connectivity index (χ2n) is 13.1. The average molecular weight is 649 g/mol. The van der Waals surface area contributed by atoms with E-state index in [0.717, 1.165) is 38.9 Å². The zero-order valence-electron chi connectivity index (χ0n) is 27.5. The number of nitriles is 1. The molecule has 0 N–H and O–H groups in total. The van der Waals surface area contributed by atoms with Crippen molar-refractivity contribution in [1.29, 1.82) is 5.26 Å². The van der Waals surface area contributed by atoms with Crippen molar-refractivity contribution in [2.24, 2.45) is 0 Å². The van der Waals surface area contributed by atoms with Gasteiger partial charge in [0.1, 0.15) is 0 Å². The third-order valence-corrected chi connectivity index (χ3v) is 10.4. The van der Waals surface area contributed by atoms with E-state index in [1.807, 2.05) is 66.7 Å². The van der Waals surface area contributed by atoms with Crippen molar-refractivity contribution in [3.05, 3.63) is 198 Å². The molecule has 2 aliphatic rings. The van der Waals surface area contributed by atoms with Crippen LogP contribution in [0.5, 0.6) is 0 Å². The van der Waals surface area contributed by atoms with Crippen molar-refractivity contribution in [1.82, 2.24) is 15.0 Å². The molecule has 1 heterocycles. The molecule has 7 aromatic carbocycles. The summed E-state index contributed by atoms with van der Waals surface area (Å²) in [4.78, 5) is 14.9. The molecule has 236 valence electrons. The van der Waals surface area contributed by atoms with Gasteiger partial charge in [-0.25, -0.2) is 15.0 Å². The molecule has 0 amide bonds. The van der Waals surface area contributed by atoms with Crippen LogP contribution in [0.25, 0.3) is 67.5 Å². The van der Waals surface area contributed by atoms with E-state index in [1.165, 1.54) is 33.4 Å². The number of hydrogen-bond donors (Lipinski definition) is 0. The Morgan fingerprint density at radius 1 is 0.353 bits per heavy atom. The molecule has 2 aliphatic carbocycles. The van der Waals surface area contributed by atoms with Crippen molar-refractivity contribution < 1.29 is 0 Å². The first-order valence-corrected chi connectivity index (χ1v) is 17.1. The number of benzene rings is 7. The van der Waals surface area contributed by atoms with Gasteiger partial charge in [-0.1, -0.05) is 146 Å². The SMILES string of the molecule is N#Cc1ccc2c(c1)-c1ccc(-c3cccc(-c4nc(-c5ccccc5)nc(-c5ccccc5)n4)c3)cc1C21c2ccccc2-c2ccccc21. The molecule has 0 unspecified atom stereocenters. The maximum Gasteiger partial charge on any atom is 0.164 e. The zero-order valence-corrected chi connectivity index (χ0v) is 27.5. The Morgan fingerprint density at radius 2 is 0.843 bits per heavy atom. The molecule has 4 nitrogen and oxygen atoms in total. The second-order valence-corrected chi connectivity index (χ2v) is 13.1. The number of nitrogens with zero attached hydrogens (tertiary/aromatic N) is 4. The first-order valence-electron chi connectivity index (χ1n) is 17.1. The molecule has 0 fully saturated rings. The molecule has 0 radical (unpaired) electrons. The summed E-state index contributed by atoms with van der Waals surface area (Å²) in [6.45, 7) is 0. The fourth-order valence-electron chi connectivity index (χ4n) is 8.17. The molecule has 4 heteroatoms. The topological polar surface area (TPSA) is 62.5 Å². The number of fused-ring (bicyclic) bond motifs is 10. The minimum absolute atomic E-state index is 0.497. The highest BCUT2D eigenvalue weighted by molar-refractivity contribution is 5.96. The molecule has 0 saturated heterocycles. The Bertz CT molecular complexity index is 2600. The van der Waals surface area contributed by atoms with E-state index in [0.29, 0.717) is 23.0 Å². The van der Waals surface area contributed by atoms with Crippen LogP contribution in [0.3, 0.4) is 0 Å². The standard InChI is InChI=1S/C47H28N4/c48-29-30-22-25-42-39(26-30)38-24-23-34(28-43(38)47(42)40-20-9-7-18-36(40)37-19-8-10-21-41(37)47)33-16-11-17-35(27-33)46-50-44(31-12-3-1-4-13-31)49-45(51-46)32-14-5-2-6-15-32/h1-28H. The van der Waals surface area contributed by atoms with Gasteiger partial charge >= 0.3 is 0 Å². The molecule has 0 aliphatic heterocycles. The molecule has 0 saturated carbocycles. The van der Waals surface area contributed by atoms with Crippen molar-refractivity contribution >= 4 is 0 Å². The zero-order chi connectivity index (χ0) is 33.9. The Kier molecular flexibility index (Phi) is 6.43. The van der Waals surface area contributed by atoms with E-state index in [1.54, 1.807) is 0 Å². The summed E-state index contributed by atoms with van der Waals surface area (Å²) >= 11 is 0. The number of rotatable bonds is 4. The largest absolute Gasteiger partial charge is 0.208 e. The van der Waals surface area contributed by atoms with E-state index >= 15 is 0 Å². The molecule has 51 heavy (non-hydrogen) atoms. The van der Waals surface area contributed by atoms with Gasteiger partial charge in [0.05, 0.1) is 17.0 Å². The smallest absolute Gasteiger partial charge is 0.164 e. The third-order valence-electron chi connectivity index (χ3n) is 10.4.